The van der Waals surface area contributed by atoms with Crippen LogP contribution in [0.1, 0.15) is 55.0 Å². The predicted octanol–water partition coefficient (Wildman–Crippen LogP) is 3.76. The molecule has 3 rings (SSSR count). The summed E-state index contributed by atoms with van der Waals surface area (Å²) >= 11 is 0. The van der Waals surface area contributed by atoms with Crippen molar-refractivity contribution in [2.24, 2.45) is 5.73 Å². The van der Waals surface area contributed by atoms with E-state index in [2.05, 4.69) is 53.0 Å². The van der Waals surface area contributed by atoms with Gasteiger partial charge in [-0.3, -0.25) is 4.98 Å². The van der Waals surface area contributed by atoms with Crippen molar-refractivity contribution in [1.29, 1.82) is 0 Å². The molecule has 1 fully saturated rings. The first kappa shape index (κ1) is 20.5. The molecule has 1 atom stereocenters. The van der Waals surface area contributed by atoms with Gasteiger partial charge in [0.25, 0.3) is 0 Å². The third-order valence-corrected chi connectivity index (χ3v) is 5.13. The Balaban J connectivity index is 1.77. The highest BCUT2D eigenvalue weighted by Gasteiger charge is 2.24. The number of unbranched alkanes of at least 4 members (excludes halogenated alkanes) is 2. The lowest BCUT2D eigenvalue weighted by molar-refractivity contribution is -0.0250. The van der Waals surface area contributed by atoms with E-state index < -0.39 is 0 Å². The van der Waals surface area contributed by atoms with Crippen molar-refractivity contribution in [2.45, 2.75) is 44.3 Å². The predicted molar refractivity (Wildman–Crippen MR) is 114 cm³/mol. The number of hydrogen-bond donors (Lipinski definition) is 1. The fraction of sp³-hybridized carbons (Fsp3) is 0.458. The number of benzene rings is 1. The van der Waals surface area contributed by atoms with Gasteiger partial charge in [0.2, 0.25) is 0 Å². The Kier molecular flexibility index (Phi) is 8.05. The molecule has 4 nitrogen and oxygen atoms in total. The molecule has 1 unspecified atom stereocenters. The number of nitrogens with zero attached hydrogens (tertiary/aromatic N) is 2. The SMILES string of the molecule is CN1CCC(OC(c2cccc(C#CCCCCN)c2)c2ccccn2)CC1. The number of piperidine rings is 1. The third kappa shape index (κ3) is 6.17. The van der Waals surface area contributed by atoms with Crippen LogP contribution >= 0.6 is 0 Å². The summed E-state index contributed by atoms with van der Waals surface area (Å²) in [4.78, 5) is 6.94. The van der Waals surface area contributed by atoms with E-state index in [1.54, 1.807) is 0 Å². The maximum atomic E-state index is 6.57. The van der Waals surface area contributed by atoms with Gasteiger partial charge in [0.05, 0.1) is 11.8 Å². The lowest BCUT2D eigenvalue weighted by atomic mass is 10.0. The molecule has 1 aromatic carbocycles. The topological polar surface area (TPSA) is 51.4 Å². The minimum atomic E-state index is -0.159. The van der Waals surface area contributed by atoms with Gasteiger partial charge in [0.1, 0.15) is 6.10 Å². The van der Waals surface area contributed by atoms with Crippen molar-refractivity contribution in [1.82, 2.24) is 9.88 Å². The molecule has 28 heavy (non-hydrogen) atoms. The summed E-state index contributed by atoms with van der Waals surface area (Å²) in [6.45, 7) is 2.89. The summed E-state index contributed by atoms with van der Waals surface area (Å²) in [7, 11) is 2.17. The molecular weight excluding hydrogens is 346 g/mol. The first-order valence-electron chi connectivity index (χ1n) is 10.3. The minimum Gasteiger partial charge on any atom is -0.364 e. The Hall–Kier alpha value is -2.19. The average Bonchev–Trinajstić information content (AvgIpc) is 2.74. The van der Waals surface area contributed by atoms with Crippen molar-refractivity contribution < 1.29 is 4.74 Å². The number of aromatic nitrogens is 1. The van der Waals surface area contributed by atoms with Gasteiger partial charge < -0.3 is 15.4 Å². The lowest BCUT2D eigenvalue weighted by Crippen LogP contribution is -2.35. The van der Waals surface area contributed by atoms with E-state index in [-0.39, 0.29) is 12.2 Å². The van der Waals surface area contributed by atoms with E-state index in [1.807, 2.05) is 24.4 Å². The standard InChI is InChI=1S/C24H31N3O/c1-27-17-13-22(14-18-27)28-24(23-12-5-7-16-26-23)21-11-8-10-20(19-21)9-4-2-3-6-15-25/h5,7-8,10-12,16,19,22,24H,2-3,6,13-15,17-18,25H2,1H3. The molecule has 0 aliphatic carbocycles. The van der Waals surface area contributed by atoms with E-state index in [1.165, 1.54) is 0 Å². The molecule has 0 bridgehead atoms. The molecular formula is C24H31N3O. The van der Waals surface area contributed by atoms with Crippen LogP contribution in [0.2, 0.25) is 0 Å². The van der Waals surface area contributed by atoms with Gasteiger partial charge in [0.15, 0.2) is 0 Å². The summed E-state index contributed by atoms with van der Waals surface area (Å²) in [5, 5.41) is 0. The molecule has 2 N–H and O–H groups in total. The molecule has 0 amide bonds. The van der Waals surface area contributed by atoms with Crippen LogP contribution in [0.5, 0.6) is 0 Å². The van der Waals surface area contributed by atoms with E-state index in [4.69, 9.17) is 10.5 Å². The van der Waals surface area contributed by atoms with Crippen LogP contribution in [0.25, 0.3) is 0 Å². The van der Waals surface area contributed by atoms with Crippen LogP contribution in [-0.2, 0) is 4.74 Å². The smallest absolute Gasteiger partial charge is 0.125 e. The second kappa shape index (κ2) is 11.0. The van der Waals surface area contributed by atoms with Crippen LogP contribution in [-0.4, -0.2) is 42.7 Å². The molecule has 1 aliphatic heterocycles. The summed E-state index contributed by atoms with van der Waals surface area (Å²) in [5.74, 6) is 6.55. The first-order chi connectivity index (χ1) is 13.8. The van der Waals surface area contributed by atoms with Crippen molar-refractivity contribution in [2.75, 3.05) is 26.7 Å². The minimum absolute atomic E-state index is 0.159. The fourth-order valence-corrected chi connectivity index (χ4v) is 3.47. The largest absolute Gasteiger partial charge is 0.364 e. The van der Waals surface area contributed by atoms with Crippen molar-refractivity contribution >= 4 is 0 Å². The van der Waals surface area contributed by atoms with E-state index >= 15 is 0 Å². The summed E-state index contributed by atoms with van der Waals surface area (Å²) in [6, 6.07) is 14.4. The summed E-state index contributed by atoms with van der Waals surface area (Å²) in [6.07, 6.45) is 7.02. The molecule has 1 aromatic heterocycles. The van der Waals surface area contributed by atoms with E-state index in [0.717, 1.165) is 68.6 Å². The highest BCUT2D eigenvalue weighted by molar-refractivity contribution is 5.39. The third-order valence-electron chi connectivity index (χ3n) is 5.13. The van der Waals surface area contributed by atoms with Gasteiger partial charge in [-0.15, -0.1) is 0 Å². The Morgan fingerprint density at radius 3 is 2.79 bits per heavy atom. The van der Waals surface area contributed by atoms with Crippen molar-refractivity contribution in [3.63, 3.8) is 0 Å². The Labute approximate surface area is 169 Å². The number of hydrogen-bond acceptors (Lipinski definition) is 4. The van der Waals surface area contributed by atoms with Crippen LogP contribution in [0.15, 0.2) is 48.7 Å². The molecule has 1 aliphatic rings. The maximum absolute atomic E-state index is 6.57. The second-order valence-corrected chi connectivity index (χ2v) is 7.45. The van der Waals surface area contributed by atoms with Gasteiger partial charge in [-0.25, -0.2) is 0 Å². The van der Waals surface area contributed by atoms with Gasteiger partial charge in [-0.05, 0) is 69.1 Å². The molecule has 0 saturated carbocycles. The zero-order valence-electron chi connectivity index (χ0n) is 16.8. The van der Waals surface area contributed by atoms with E-state index in [9.17, 15) is 0 Å². The average molecular weight is 378 g/mol. The Morgan fingerprint density at radius 2 is 2.04 bits per heavy atom. The lowest BCUT2D eigenvalue weighted by Gasteiger charge is -2.32. The van der Waals surface area contributed by atoms with Crippen LogP contribution < -0.4 is 5.73 Å². The highest BCUT2D eigenvalue weighted by atomic mass is 16.5. The molecule has 2 aromatic rings. The molecule has 148 valence electrons. The molecule has 4 heteroatoms. The first-order valence-corrected chi connectivity index (χ1v) is 10.3. The Morgan fingerprint density at radius 1 is 1.18 bits per heavy atom. The zero-order chi connectivity index (χ0) is 19.6. The van der Waals surface area contributed by atoms with Gasteiger partial charge in [-0.2, -0.15) is 0 Å². The normalized spacial score (nSPS) is 16.4. The summed E-state index contributed by atoms with van der Waals surface area (Å²) < 4.78 is 6.57. The van der Waals surface area contributed by atoms with Gasteiger partial charge >= 0.3 is 0 Å². The molecule has 1 saturated heterocycles. The maximum Gasteiger partial charge on any atom is 0.125 e. The molecule has 2 heterocycles. The monoisotopic (exact) mass is 377 g/mol. The van der Waals surface area contributed by atoms with Gasteiger partial charge in [0, 0.05) is 31.3 Å². The fourth-order valence-electron chi connectivity index (χ4n) is 3.47. The van der Waals surface area contributed by atoms with Crippen molar-refractivity contribution in [3.8, 4) is 11.8 Å². The molecule has 0 spiro atoms. The number of rotatable bonds is 7. The Bertz CT molecular complexity index is 773. The number of ether oxygens (including phenoxy) is 1. The number of likely N-dealkylation sites (tertiary alicyclic amines) is 1. The zero-order valence-corrected chi connectivity index (χ0v) is 16.8. The van der Waals surface area contributed by atoms with Crippen molar-refractivity contribution in [3.05, 3.63) is 65.5 Å². The van der Waals surface area contributed by atoms with E-state index in [0.29, 0.717) is 0 Å². The van der Waals surface area contributed by atoms with Crippen LogP contribution in [0.3, 0.4) is 0 Å². The quantitative estimate of drug-likeness (QED) is 0.590. The number of pyridine rings is 1. The van der Waals surface area contributed by atoms with Gasteiger partial charge in [-0.1, -0.05) is 30.0 Å². The molecule has 0 radical (unpaired) electrons. The second-order valence-electron chi connectivity index (χ2n) is 7.45. The van der Waals surface area contributed by atoms with Crippen LogP contribution in [0.4, 0.5) is 0 Å². The summed E-state index contributed by atoms with van der Waals surface area (Å²) in [5.41, 5.74) is 8.64. The van der Waals surface area contributed by atoms with Crippen LogP contribution in [0, 0.1) is 11.8 Å². The highest BCUT2D eigenvalue weighted by Crippen LogP contribution is 2.29. The number of nitrogens with two attached hydrogens (primary N) is 1.